The van der Waals surface area contributed by atoms with Gasteiger partial charge in [0.25, 0.3) is 0 Å². The normalized spacial score (nSPS) is 43.8. The van der Waals surface area contributed by atoms with E-state index in [9.17, 15) is 10.2 Å². The predicted octanol–water partition coefficient (Wildman–Crippen LogP) is 2.95. The number of ether oxygens (including phenoxy) is 2. The molecule has 7 nitrogen and oxygen atoms in total. The number of nitrogens with two attached hydrogens (primary N) is 1. The highest BCUT2D eigenvalue weighted by Crippen LogP contribution is 2.53. The van der Waals surface area contributed by atoms with E-state index in [2.05, 4.69) is 37.1 Å². The smallest absolute Gasteiger partial charge is 0.158 e. The molecule has 5 N–H and O–H groups in total. The van der Waals surface area contributed by atoms with Crippen molar-refractivity contribution in [3.05, 3.63) is 11.6 Å². The van der Waals surface area contributed by atoms with E-state index >= 15 is 0 Å². The molecule has 0 amide bonds. The van der Waals surface area contributed by atoms with Crippen molar-refractivity contribution in [2.45, 2.75) is 115 Å². The molecule has 7 unspecified atom stereocenters. The molecule has 0 bridgehead atoms. The number of nitrogens with one attached hydrogen (secondary N) is 1. The summed E-state index contributed by atoms with van der Waals surface area (Å²) in [6.07, 6.45) is 11.8. The zero-order valence-electron chi connectivity index (χ0n) is 22.1. The number of likely N-dealkylation sites (tertiary alicyclic amines) is 1. The first-order valence-electron chi connectivity index (χ1n) is 14.4. The maximum atomic E-state index is 11.8. The molecule has 5 rings (SSSR count). The van der Waals surface area contributed by atoms with Crippen molar-refractivity contribution in [2.75, 3.05) is 19.8 Å². The molecule has 3 saturated carbocycles. The lowest BCUT2D eigenvalue weighted by Gasteiger charge is -2.51. The molecule has 1 aliphatic heterocycles. The Kier molecular flexibility index (Phi) is 7.96. The summed E-state index contributed by atoms with van der Waals surface area (Å²) in [5.41, 5.74) is 7.00. The largest absolute Gasteiger partial charge is 0.378 e. The van der Waals surface area contributed by atoms with Gasteiger partial charge in [0.15, 0.2) is 6.35 Å². The average molecular weight is 492 g/mol. The Morgan fingerprint density at radius 3 is 2.31 bits per heavy atom. The Morgan fingerprint density at radius 2 is 1.71 bits per heavy atom. The van der Waals surface area contributed by atoms with E-state index in [0.29, 0.717) is 30.3 Å². The number of fused-ring (bicyclic) bond motifs is 2. The molecule has 4 fully saturated rings. The van der Waals surface area contributed by atoms with Gasteiger partial charge in [0.2, 0.25) is 0 Å². The van der Waals surface area contributed by atoms with Gasteiger partial charge in [-0.15, -0.1) is 0 Å². The van der Waals surface area contributed by atoms with E-state index in [1.54, 1.807) is 0 Å². The zero-order chi connectivity index (χ0) is 24.7. The molecule has 5 aliphatic rings. The number of allylic oxidation sites excluding steroid dienone is 1. The third-order valence-electron chi connectivity index (χ3n) is 10.0. The molecule has 200 valence electrons. The van der Waals surface area contributed by atoms with Crippen molar-refractivity contribution in [3.63, 3.8) is 0 Å². The molecule has 4 aliphatic carbocycles. The van der Waals surface area contributed by atoms with Crippen LogP contribution in [0.2, 0.25) is 0 Å². The molecule has 35 heavy (non-hydrogen) atoms. The lowest BCUT2D eigenvalue weighted by molar-refractivity contribution is -0.178. The van der Waals surface area contributed by atoms with E-state index in [1.165, 1.54) is 31.3 Å². The fourth-order valence-electron chi connectivity index (χ4n) is 8.56. The molecule has 0 aromatic heterocycles. The number of aliphatic hydroxyl groups excluding tert-OH is 2. The van der Waals surface area contributed by atoms with Crippen LogP contribution in [0.3, 0.4) is 0 Å². The Balaban J connectivity index is 1.33. The Labute approximate surface area is 211 Å². The predicted molar refractivity (Wildman–Crippen MR) is 136 cm³/mol. The summed E-state index contributed by atoms with van der Waals surface area (Å²) in [7, 11) is 0. The summed E-state index contributed by atoms with van der Waals surface area (Å²) in [6.45, 7) is 8.80. The lowest BCUT2D eigenvalue weighted by atomic mass is 9.60. The van der Waals surface area contributed by atoms with Crippen LogP contribution in [0.4, 0.5) is 0 Å². The molecule has 1 saturated heterocycles. The summed E-state index contributed by atoms with van der Waals surface area (Å²) in [5.74, 6) is 2.01. The molecule has 0 aromatic rings. The van der Waals surface area contributed by atoms with Crippen LogP contribution in [-0.4, -0.2) is 71.2 Å². The monoisotopic (exact) mass is 491 g/mol. The average Bonchev–Trinajstić information content (AvgIpc) is 3.48. The molecular formula is C28H49N3O4. The van der Waals surface area contributed by atoms with Crippen LogP contribution in [0.15, 0.2) is 11.6 Å². The first-order chi connectivity index (χ1) is 16.9. The zero-order valence-corrected chi connectivity index (χ0v) is 22.1. The summed E-state index contributed by atoms with van der Waals surface area (Å²) in [5, 5.41) is 24.6. The van der Waals surface area contributed by atoms with Gasteiger partial charge in [-0.3, -0.25) is 16.0 Å². The van der Waals surface area contributed by atoms with E-state index in [0.717, 1.165) is 45.3 Å². The van der Waals surface area contributed by atoms with Gasteiger partial charge in [-0.2, -0.15) is 0 Å². The van der Waals surface area contributed by atoms with Crippen LogP contribution < -0.4 is 11.1 Å². The van der Waals surface area contributed by atoms with Crippen LogP contribution in [0.1, 0.15) is 78.6 Å². The minimum atomic E-state index is -0.942. The Hall–Kier alpha value is -0.540. The molecule has 0 spiro atoms. The van der Waals surface area contributed by atoms with Gasteiger partial charge in [0, 0.05) is 43.2 Å². The van der Waals surface area contributed by atoms with Gasteiger partial charge in [0.05, 0.1) is 12.2 Å². The van der Waals surface area contributed by atoms with Gasteiger partial charge < -0.3 is 19.7 Å². The Morgan fingerprint density at radius 1 is 1.06 bits per heavy atom. The first kappa shape index (κ1) is 26.1. The molecule has 7 heteroatoms. The van der Waals surface area contributed by atoms with E-state index < -0.39 is 12.6 Å². The standard InChI is InChI=1S/C28H49N3O4/c1-4-34-24-19-8-6-7-9-20(19)25(35-5-2)23-21(24)16-31(26(23)32)22-11-10-18(14-17(22)3)15-28(12-13-28)30-27(29)33/h14,18-27,30,32-33H,4-13,15-16,29H2,1-3H3/t18-,19?,20+,21?,22?,23?,24?,25+,26?,27?/m0/s1. The van der Waals surface area contributed by atoms with Crippen molar-refractivity contribution >= 4 is 0 Å². The number of rotatable bonds is 9. The van der Waals surface area contributed by atoms with Crippen LogP contribution in [0, 0.1) is 29.6 Å². The highest BCUT2D eigenvalue weighted by molar-refractivity contribution is 5.19. The van der Waals surface area contributed by atoms with E-state index in [-0.39, 0.29) is 29.7 Å². The van der Waals surface area contributed by atoms with Crippen LogP contribution in [-0.2, 0) is 9.47 Å². The van der Waals surface area contributed by atoms with Crippen LogP contribution >= 0.6 is 0 Å². The van der Waals surface area contributed by atoms with Crippen LogP contribution in [0.25, 0.3) is 0 Å². The topological polar surface area (TPSA) is 100 Å². The summed E-state index contributed by atoms with van der Waals surface area (Å²) < 4.78 is 12.9. The van der Waals surface area contributed by atoms with Crippen molar-refractivity contribution in [2.24, 2.45) is 35.3 Å². The van der Waals surface area contributed by atoms with Crippen molar-refractivity contribution in [3.8, 4) is 0 Å². The molecule has 10 atom stereocenters. The minimum Gasteiger partial charge on any atom is -0.378 e. The first-order valence-corrected chi connectivity index (χ1v) is 14.4. The fraction of sp³-hybridized carbons (Fsp3) is 0.929. The Bertz CT molecular complexity index is 756. The third kappa shape index (κ3) is 5.12. The number of hydrogen-bond donors (Lipinski definition) is 4. The van der Waals surface area contributed by atoms with Gasteiger partial charge in [-0.25, -0.2) is 0 Å². The van der Waals surface area contributed by atoms with Crippen LogP contribution in [0.5, 0.6) is 0 Å². The van der Waals surface area contributed by atoms with Gasteiger partial charge in [0.1, 0.15) is 6.23 Å². The second-order valence-electron chi connectivity index (χ2n) is 12.1. The number of nitrogens with zero attached hydrogens (tertiary/aromatic N) is 1. The number of hydrogen-bond acceptors (Lipinski definition) is 7. The van der Waals surface area contributed by atoms with Crippen molar-refractivity contribution < 1.29 is 19.7 Å². The molecular weight excluding hydrogens is 442 g/mol. The maximum Gasteiger partial charge on any atom is 0.158 e. The summed E-state index contributed by atoms with van der Waals surface area (Å²) >= 11 is 0. The molecule has 0 aromatic carbocycles. The molecule has 1 heterocycles. The third-order valence-corrected chi connectivity index (χ3v) is 10.0. The SMILES string of the molecule is CCOC1C2CN(C3CC[C@H](CC4(NC(N)O)CC4)C=C3C)C(O)C2[C@H](OCC)[C@@H]2CCCCC12. The van der Waals surface area contributed by atoms with E-state index in [4.69, 9.17) is 15.2 Å². The highest BCUT2D eigenvalue weighted by Gasteiger charge is 2.59. The second kappa shape index (κ2) is 10.7. The molecule has 0 radical (unpaired) electrons. The van der Waals surface area contributed by atoms with Gasteiger partial charge in [-0.05, 0) is 83.5 Å². The van der Waals surface area contributed by atoms with Gasteiger partial charge in [-0.1, -0.05) is 24.5 Å². The maximum absolute atomic E-state index is 11.8. The minimum absolute atomic E-state index is 0.0102. The summed E-state index contributed by atoms with van der Waals surface area (Å²) in [4.78, 5) is 2.39. The quantitative estimate of drug-likeness (QED) is 0.291. The van der Waals surface area contributed by atoms with E-state index in [1.807, 2.05) is 0 Å². The highest BCUT2D eigenvalue weighted by atomic mass is 16.5. The van der Waals surface area contributed by atoms with Gasteiger partial charge >= 0.3 is 0 Å². The van der Waals surface area contributed by atoms with Crippen molar-refractivity contribution in [1.29, 1.82) is 0 Å². The number of aliphatic hydroxyl groups is 2. The summed E-state index contributed by atoms with van der Waals surface area (Å²) in [6, 6.07) is 0.279. The van der Waals surface area contributed by atoms with Crippen molar-refractivity contribution in [1.82, 2.24) is 10.2 Å². The lowest BCUT2D eigenvalue weighted by Crippen LogP contribution is -2.56. The fourth-order valence-corrected chi connectivity index (χ4v) is 8.56. The second-order valence-corrected chi connectivity index (χ2v) is 12.1.